The van der Waals surface area contributed by atoms with Gasteiger partial charge in [-0.1, -0.05) is 52.7 Å². The summed E-state index contributed by atoms with van der Waals surface area (Å²) in [4.78, 5) is 12.3. The summed E-state index contributed by atoms with van der Waals surface area (Å²) < 4.78 is 64.8. The molecule has 0 aliphatic carbocycles. The third-order valence-corrected chi connectivity index (χ3v) is 6.91. The summed E-state index contributed by atoms with van der Waals surface area (Å²) in [7, 11) is -4.18. The Bertz CT molecular complexity index is 1230. The van der Waals surface area contributed by atoms with Gasteiger partial charge in [-0.05, 0) is 29.8 Å². The Balaban J connectivity index is 1.69. The van der Waals surface area contributed by atoms with Crippen LogP contribution in [0.15, 0.2) is 46.8 Å². The number of nitrogens with one attached hydrogen (secondary N) is 2. The quantitative estimate of drug-likeness (QED) is 0.472. The van der Waals surface area contributed by atoms with E-state index < -0.39 is 38.6 Å². The molecule has 0 bridgehead atoms. The van der Waals surface area contributed by atoms with Crippen LogP contribution in [0.25, 0.3) is 0 Å². The third kappa shape index (κ3) is 5.92. The second kappa shape index (κ2) is 9.09. The third-order valence-electron chi connectivity index (χ3n) is 3.75. The standard InChI is InChI=1S/C17H11Cl2F3N4O3S2/c18-11-4-5-12(13(19)7-11)14(27)24-15-25-26-16(30-15)31(28,29)23-8-9-2-1-3-10(6-9)17(20,21)22/h1-7,23H,8H2,(H,24,25,27). The first kappa shape index (κ1) is 23.4. The zero-order valence-corrected chi connectivity index (χ0v) is 18.2. The molecule has 0 aliphatic rings. The van der Waals surface area contributed by atoms with E-state index in [0.29, 0.717) is 16.4 Å². The topological polar surface area (TPSA) is 101 Å². The highest BCUT2D eigenvalue weighted by molar-refractivity contribution is 7.91. The van der Waals surface area contributed by atoms with Crippen LogP contribution in [0.2, 0.25) is 10.0 Å². The van der Waals surface area contributed by atoms with Gasteiger partial charge in [0.05, 0.1) is 16.1 Å². The van der Waals surface area contributed by atoms with Crippen molar-refractivity contribution in [3.8, 4) is 0 Å². The molecule has 0 atom stereocenters. The highest BCUT2D eigenvalue weighted by atomic mass is 35.5. The molecule has 0 aliphatic heterocycles. The number of anilines is 1. The molecule has 0 spiro atoms. The lowest BCUT2D eigenvalue weighted by atomic mass is 10.1. The lowest BCUT2D eigenvalue weighted by Gasteiger charge is -2.09. The maximum Gasteiger partial charge on any atom is 0.416 e. The molecule has 7 nitrogen and oxygen atoms in total. The second-order valence-corrected chi connectivity index (χ2v) is 9.74. The van der Waals surface area contributed by atoms with Gasteiger partial charge < -0.3 is 0 Å². The molecule has 3 rings (SSSR count). The van der Waals surface area contributed by atoms with Gasteiger partial charge in [0.15, 0.2) is 0 Å². The highest BCUT2D eigenvalue weighted by Gasteiger charge is 2.30. The van der Waals surface area contributed by atoms with Crippen LogP contribution in [0.5, 0.6) is 0 Å². The van der Waals surface area contributed by atoms with Crippen LogP contribution in [0.3, 0.4) is 0 Å². The van der Waals surface area contributed by atoms with E-state index >= 15 is 0 Å². The van der Waals surface area contributed by atoms with Crippen LogP contribution in [0.1, 0.15) is 21.5 Å². The van der Waals surface area contributed by atoms with Crippen molar-refractivity contribution in [2.75, 3.05) is 5.32 Å². The Hall–Kier alpha value is -2.25. The molecule has 31 heavy (non-hydrogen) atoms. The molecular weight excluding hydrogens is 500 g/mol. The van der Waals surface area contributed by atoms with E-state index in [9.17, 15) is 26.4 Å². The van der Waals surface area contributed by atoms with Crippen molar-refractivity contribution >= 4 is 55.6 Å². The van der Waals surface area contributed by atoms with Gasteiger partial charge >= 0.3 is 6.18 Å². The van der Waals surface area contributed by atoms with E-state index in [1.165, 1.54) is 30.3 Å². The Labute approximate surface area is 188 Å². The monoisotopic (exact) mass is 510 g/mol. The molecule has 1 aromatic heterocycles. The van der Waals surface area contributed by atoms with Crippen molar-refractivity contribution in [1.29, 1.82) is 0 Å². The van der Waals surface area contributed by atoms with Gasteiger partial charge in [-0.2, -0.15) is 13.2 Å². The average Bonchev–Trinajstić information content (AvgIpc) is 3.15. The summed E-state index contributed by atoms with van der Waals surface area (Å²) in [5.74, 6) is -0.654. The van der Waals surface area contributed by atoms with Crippen LogP contribution < -0.4 is 10.0 Å². The van der Waals surface area contributed by atoms with Gasteiger partial charge in [-0.3, -0.25) is 10.1 Å². The number of rotatable bonds is 6. The molecule has 1 heterocycles. The minimum Gasteiger partial charge on any atom is -0.296 e. The molecule has 2 aromatic carbocycles. The van der Waals surface area contributed by atoms with Crippen molar-refractivity contribution in [3.63, 3.8) is 0 Å². The van der Waals surface area contributed by atoms with Crippen molar-refractivity contribution < 1.29 is 26.4 Å². The van der Waals surface area contributed by atoms with E-state index in [2.05, 4.69) is 20.2 Å². The van der Waals surface area contributed by atoms with E-state index in [4.69, 9.17) is 23.2 Å². The lowest BCUT2D eigenvalue weighted by Crippen LogP contribution is -2.23. The molecule has 14 heteroatoms. The molecule has 164 valence electrons. The van der Waals surface area contributed by atoms with E-state index in [1.807, 2.05) is 0 Å². The number of nitrogens with zero attached hydrogens (tertiary/aromatic N) is 2. The molecule has 0 fully saturated rings. The smallest absolute Gasteiger partial charge is 0.296 e. The minimum atomic E-state index is -4.55. The van der Waals surface area contributed by atoms with Crippen molar-refractivity contribution in [2.24, 2.45) is 0 Å². The molecule has 0 unspecified atom stereocenters. The van der Waals surface area contributed by atoms with Crippen LogP contribution in [-0.2, 0) is 22.7 Å². The summed E-state index contributed by atoms with van der Waals surface area (Å²) in [5.41, 5.74) is -0.701. The van der Waals surface area contributed by atoms with E-state index in [-0.39, 0.29) is 21.3 Å². The first-order valence-corrected chi connectivity index (χ1v) is 11.3. The summed E-state index contributed by atoms with van der Waals surface area (Å²) in [6.07, 6.45) is -4.55. The normalized spacial score (nSPS) is 12.0. The maximum atomic E-state index is 12.8. The number of hydrogen-bond donors (Lipinski definition) is 2. The average molecular weight is 511 g/mol. The second-order valence-electron chi connectivity index (χ2n) is 5.97. The fraction of sp³-hybridized carbons (Fsp3) is 0.118. The highest BCUT2D eigenvalue weighted by Crippen LogP contribution is 2.30. The van der Waals surface area contributed by atoms with Gasteiger partial charge in [0.1, 0.15) is 0 Å². The van der Waals surface area contributed by atoms with Crippen molar-refractivity contribution in [3.05, 3.63) is 69.2 Å². The Morgan fingerprint density at radius 3 is 2.52 bits per heavy atom. The van der Waals surface area contributed by atoms with Crippen LogP contribution in [0.4, 0.5) is 18.3 Å². The predicted octanol–water partition coefficient (Wildman–Crippen LogP) is 4.59. The van der Waals surface area contributed by atoms with Gasteiger partial charge in [-0.25, -0.2) is 13.1 Å². The SMILES string of the molecule is O=C(Nc1nnc(S(=O)(=O)NCc2cccc(C(F)(F)F)c2)s1)c1ccc(Cl)cc1Cl. The van der Waals surface area contributed by atoms with E-state index in [0.717, 1.165) is 12.1 Å². The minimum absolute atomic E-state index is 0.0881. The number of sulfonamides is 1. The van der Waals surface area contributed by atoms with E-state index in [1.54, 1.807) is 0 Å². The first-order valence-electron chi connectivity index (χ1n) is 8.21. The number of carbonyl (C=O) groups excluding carboxylic acids is 1. The zero-order chi connectivity index (χ0) is 22.8. The molecule has 2 N–H and O–H groups in total. The fourth-order valence-electron chi connectivity index (χ4n) is 2.30. The Morgan fingerprint density at radius 1 is 1.10 bits per heavy atom. The number of aromatic nitrogens is 2. The zero-order valence-electron chi connectivity index (χ0n) is 15.1. The Kier molecular flexibility index (Phi) is 6.86. The number of halogens is 5. The van der Waals surface area contributed by atoms with Gasteiger partial charge in [0, 0.05) is 11.6 Å². The predicted molar refractivity (Wildman–Crippen MR) is 110 cm³/mol. The van der Waals surface area contributed by atoms with Gasteiger partial charge in [-0.15, -0.1) is 10.2 Å². The summed E-state index contributed by atoms with van der Waals surface area (Å²) in [6, 6.07) is 8.44. The van der Waals surface area contributed by atoms with Gasteiger partial charge in [0.2, 0.25) is 9.47 Å². The Morgan fingerprint density at radius 2 is 1.84 bits per heavy atom. The molecule has 0 radical (unpaired) electrons. The summed E-state index contributed by atoms with van der Waals surface area (Å²) in [5, 5.41) is 9.78. The molecule has 3 aromatic rings. The molecular formula is C17H11Cl2F3N4O3S2. The van der Waals surface area contributed by atoms with Crippen LogP contribution in [-0.4, -0.2) is 24.5 Å². The summed E-state index contributed by atoms with van der Waals surface area (Å²) >= 11 is 12.3. The molecule has 0 saturated carbocycles. The molecule has 0 saturated heterocycles. The molecule has 1 amide bonds. The first-order chi connectivity index (χ1) is 14.5. The number of hydrogen-bond acceptors (Lipinski definition) is 6. The lowest BCUT2D eigenvalue weighted by molar-refractivity contribution is -0.137. The van der Waals surface area contributed by atoms with Crippen LogP contribution in [0, 0.1) is 0 Å². The number of alkyl halides is 3. The summed E-state index contributed by atoms with van der Waals surface area (Å²) in [6.45, 7) is -0.395. The fourth-order valence-corrected chi connectivity index (χ4v) is 4.75. The number of carbonyl (C=O) groups is 1. The van der Waals surface area contributed by atoms with Crippen molar-refractivity contribution in [1.82, 2.24) is 14.9 Å². The largest absolute Gasteiger partial charge is 0.416 e. The number of amides is 1. The maximum absolute atomic E-state index is 12.8. The van der Waals surface area contributed by atoms with Gasteiger partial charge in [0.25, 0.3) is 15.9 Å². The van der Waals surface area contributed by atoms with Crippen LogP contribution >= 0.6 is 34.5 Å². The number of benzene rings is 2. The van der Waals surface area contributed by atoms with Crippen molar-refractivity contribution in [2.45, 2.75) is 17.1 Å².